The second-order valence-corrected chi connectivity index (χ2v) is 5.21. The van der Waals surface area contributed by atoms with E-state index in [-0.39, 0.29) is 5.91 Å². The molecule has 0 aliphatic heterocycles. The number of unbranched alkanes of at least 4 members (excludes halogenated alkanes) is 1. The highest BCUT2D eigenvalue weighted by atomic mass is 32.1. The van der Waals surface area contributed by atoms with Crippen molar-refractivity contribution in [1.29, 1.82) is 0 Å². The highest BCUT2D eigenvalue weighted by Gasteiger charge is 2.17. The second-order valence-electron chi connectivity index (χ2n) is 4.15. The molecule has 19 heavy (non-hydrogen) atoms. The summed E-state index contributed by atoms with van der Waals surface area (Å²) in [6, 6.07) is -0.425. The van der Waals surface area contributed by atoms with Crippen LogP contribution < -0.4 is 5.32 Å². The number of hydrogen-bond donors (Lipinski definition) is 1. The van der Waals surface area contributed by atoms with Gasteiger partial charge in [0.2, 0.25) is 5.13 Å². The van der Waals surface area contributed by atoms with Gasteiger partial charge in [0, 0.05) is 6.42 Å². The molecule has 0 radical (unpaired) electrons. The summed E-state index contributed by atoms with van der Waals surface area (Å²) in [6.45, 7) is 3.88. The van der Waals surface area contributed by atoms with E-state index in [0.717, 1.165) is 24.3 Å². The van der Waals surface area contributed by atoms with E-state index in [1.54, 1.807) is 6.92 Å². The zero-order chi connectivity index (χ0) is 13.7. The smallest absolute Gasteiger partial charge is 0.250 e. The molecule has 7 nitrogen and oxygen atoms in total. The third-order valence-electron chi connectivity index (χ3n) is 2.65. The Balaban J connectivity index is 1.93. The van der Waals surface area contributed by atoms with Crippen LogP contribution in [-0.4, -0.2) is 30.9 Å². The minimum Gasteiger partial charge on any atom is -0.299 e. The van der Waals surface area contributed by atoms with Gasteiger partial charge in [-0.05, 0) is 13.3 Å². The molecular weight excluding hydrogens is 264 g/mol. The van der Waals surface area contributed by atoms with E-state index >= 15 is 0 Å². The van der Waals surface area contributed by atoms with Crippen LogP contribution in [0.4, 0.5) is 5.13 Å². The molecule has 0 saturated heterocycles. The molecule has 1 atom stereocenters. The number of nitrogens with one attached hydrogen (secondary N) is 1. The summed E-state index contributed by atoms with van der Waals surface area (Å²) in [7, 11) is 0. The van der Waals surface area contributed by atoms with Crippen LogP contribution in [0.3, 0.4) is 0 Å². The summed E-state index contributed by atoms with van der Waals surface area (Å²) in [6.07, 6.45) is 6.01. The lowest BCUT2D eigenvalue weighted by Gasteiger charge is -2.09. The van der Waals surface area contributed by atoms with Crippen molar-refractivity contribution in [1.82, 2.24) is 25.0 Å². The fourth-order valence-corrected chi connectivity index (χ4v) is 2.27. The van der Waals surface area contributed by atoms with E-state index in [2.05, 4.69) is 32.5 Å². The predicted molar refractivity (Wildman–Crippen MR) is 71.9 cm³/mol. The summed E-state index contributed by atoms with van der Waals surface area (Å²) >= 11 is 1.42. The number of aryl methyl sites for hydroxylation is 1. The first kappa shape index (κ1) is 13.6. The molecule has 0 aliphatic rings. The maximum Gasteiger partial charge on any atom is 0.250 e. The largest absolute Gasteiger partial charge is 0.299 e. The van der Waals surface area contributed by atoms with Crippen LogP contribution >= 0.6 is 11.3 Å². The van der Waals surface area contributed by atoms with Gasteiger partial charge in [-0.1, -0.05) is 24.7 Å². The minimum absolute atomic E-state index is 0.177. The average molecular weight is 280 g/mol. The lowest BCUT2D eigenvalue weighted by molar-refractivity contribution is -0.119. The number of rotatable bonds is 6. The average Bonchev–Trinajstić information content (AvgIpc) is 3.06. The Hall–Kier alpha value is -1.83. The van der Waals surface area contributed by atoms with Gasteiger partial charge in [0.25, 0.3) is 5.91 Å². The van der Waals surface area contributed by atoms with E-state index in [1.807, 2.05) is 0 Å². The molecule has 0 aliphatic carbocycles. The Bertz CT molecular complexity index is 523. The molecule has 2 rings (SSSR count). The number of aromatic nitrogens is 5. The van der Waals surface area contributed by atoms with E-state index in [9.17, 15) is 4.79 Å². The Morgan fingerprint density at radius 2 is 2.37 bits per heavy atom. The first-order valence-electron chi connectivity index (χ1n) is 6.18. The molecule has 0 aromatic carbocycles. The quantitative estimate of drug-likeness (QED) is 0.870. The van der Waals surface area contributed by atoms with Crippen LogP contribution in [0.2, 0.25) is 0 Å². The Labute approximate surface area is 115 Å². The molecule has 8 heteroatoms. The fourth-order valence-electron chi connectivity index (χ4n) is 1.48. The highest BCUT2D eigenvalue weighted by molar-refractivity contribution is 7.15. The third kappa shape index (κ3) is 3.57. The van der Waals surface area contributed by atoms with E-state index in [1.165, 1.54) is 28.7 Å². The number of amides is 1. The van der Waals surface area contributed by atoms with Crippen LogP contribution in [0.5, 0.6) is 0 Å². The van der Waals surface area contributed by atoms with Gasteiger partial charge in [0.05, 0.1) is 0 Å². The molecule has 0 unspecified atom stereocenters. The van der Waals surface area contributed by atoms with Crippen LogP contribution in [0.25, 0.3) is 0 Å². The first-order valence-corrected chi connectivity index (χ1v) is 6.99. The van der Waals surface area contributed by atoms with Gasteiger partial charge in [-0.2, -0.15) is 5.10 Å². The van der Waals surface area contributed by atoms with Crippen molar-refractivity contribution >= 4 is 22.4 Å². The topological polar surface area (TPSA) is 85.6 Å². The van der Waals surface area contributed by atoms with Crippen molar-refractivity contribution in [2.45, 2.75) is 39.2 Å². The van der Waals surface area contributed by atoms with Crippen LogP contribution in [-0.2, 0) is 11.2 Å². The number of carbonyl (C=O) groups excluding carboxylic acids is 1. The van der Waals surface area contributed by atoms with Crippen molar-refractivity contribution in [3.8, 4) is 0 Å². The predicted octanol–water partition coefficient (Wildman–Crippen LogP) is 1.67. The monoisotopic (exact) mass is 280 g/mol. The molecule has 1 amide bonds. The SMILES string of the molecule is CCCCc1nnc(NC(=O)[C@H](C)n2cncn2)s1. The van der Waals surface area contributed by atoms with E-state index in [0.29, 0.717) is 5.13 Å². The second kappa shape index (κ2) is 6.37. The van der Waals surface area contributed by atoms with Gasteiger partial charge in [-0.3, -0.25) is 10.1 Å². The van der Waals surface area contributed by atoms with Crippen LogP contribution in [0.1, 0.15) is 37.7 Å². The molecule has 2 aromatic rings. The Morgan fingerprint density at radius 3 is 3.05 bits per heavy atom. The zero-order valence-corrected chi connectivity index (χ0v) is 11.7. The number of anilines is 1. The summed E-state index contributed by atoms with van der Waals surface area (Å²) in [5, 5.41) is 16.2. The minimum atomic E-state index is -0.425. The van der Waals surface area contributed by atoms with Gasteiger partial charge in [-0.25, -0.2) is 9.67 Å². The van der Waals surface area contributed by atoms with Gasteiger partial charge >= 0.3 is 0 Å². The maximum atomic E-state index is 12.0. The molecule has 1 N–H and O–H groups in total. The van der Waals surface area contributed by atoms with Crippen molar-refractivity contribution in [3.05, 3.63) is 17.7 Å². The van der Waals surface area contributed by atoms with Gasteiger partial charge in [0.1, 0.15) is 23.7 Å². The zero-order valence-electron chi connectivity index (χ0n) is 10.9. The van der Waals surface area contributed by atoms with E-state index < -0.39 is 6.04 Å². The van der Waals surface area contributed by atoms with Crippen molar-refractivity contribution in [2.24, 2.45) is 0 Å². The maximum absolute atomic E-state index is 12.0. The molecule has 0 saturated carbocycles. The standard InChI is InChI=1S/C11H16N6OS/c1-3-4-5-9-15-16-11(19-9)14-10(18)8(2)17-7-12-6-13-17/h6-8H,3-5H2,1-2H3,(H,14,16,18)/t8-/m0/s1. The molecule has 0 fully saturated rings. The van der Waals surface area contributed by atoms with Crippen LogP contribution in [0, 0.1) is 0 Å². The highest BCUT2D eigenvalue weighted by Crippen LogP contribution is 2.18. The fraction of sp³-hybridized carbons (Fsp3) is 0.545. The summed E-state index contributed by atoms with van der Waals surface area (Å²) in [5.74, 6) is -0.177. The summed E-state index contributed by atoms with van der Waals surface area (Å²) in [5.41, 5.74) is 0. The number of hydrogen-bond acceptors (Lipinski definition) is 6. The Kier molecular flexibility index (Phi) is 4.56. The Morgan fingerprint density at radius 1 is 1.53 bits per heavy atom. The molecular formula is C11H16N6OS. The van der Waals surface area contributed by atoms with Crippen molar-refractivity contribution in [3.63, 3.8) is 0 Å². The van der Waals surface area contributed by atoms with Gasteiger partial charge < -0.3 is 0 Å². The number of carbonyl (C=O) groups is 1. The van der Waals surface area contributed by atoms with Crippen LogP contribution in [0.15, 0.2) is 12.7 Å². The number of nitrogens with zero attached hydrogens (tertiary/aromatic N) is 5. The molecule has 0 spiro atoms. The van der Waals surface area contributed by atoms with Crippen molar-refractivity contribution in [2.75, 3.05) is 5.32 Å². The van der Waals surface area contributed by atoms with E-state index in [4.69, 9.17) is 0 Å². The first-order chi connectivity index (χ1) is 9.20. The molecule has 0 bridgehead atoms. The molecule has 2 aromatic heterocycles. The molecule has 2 heterocycles. The normalized spacial score (nSPS) is 12.3. The summed E-state index contributed by atoms with van der Waals surface area (Å²) < 4.78 is 1.49. The lowest BCUT2D eigenvalue weighted by atomic mass is 10.3. The van der Waals surface area contributed by atoms with Gasteiger partial charge in [0.15, 0.2) is 0 Å². The molecule has 102 valence electrons. The third-order valence-corrected chi connectivity index (χ3v) is 3.55. The van der Waals surface area contributed by atoms with Crippen molar-refractivity contribution < 1.29 is 4.79 Å². The lowest BCUT2D eigenvalue weighted by Crippen LogP contribution is -2.23. The summed E-state index contributed by atoms with van der Waals surface area (Å²) in [4.78, 5) is 15.8. The van der Waals surface area contributed by atoms with Gasteiger partial charge in [-0.15, -0.1) is 10.2 Å².